The molecule has 3 heteroatoms. The standard InChI is InChI=1S/C42H25BN2/c1-3-11-26(12-4-1)28-21-22-38-33(23-28)35-25-29(27-13-5-2-6-14-27)24-34-31-16-10-20-39-40(31)43(45(38)41(34)35)36-18-9-17-32-30-15-7-8-19-37(30)44(39)42(32)36/h1-25H. The molecule has 0 unspecified atom stereocenters. The van der Waals surface area contributed by atoms with E-state index in [0.717, 1.165) is 0 Å². The molecule has 7 aromatic carbocycles. The predicted octanol–water partition coefficient (Wildman–Crippen LogP) is 9.17. The Morgan fingerprint density at radius 3 is 1.96 bits per heavy atom. The Balaban J connectivity index is 1.33. The van der Waals surface area contributed by atoms with Crippen LogP contribution in [0.4, 0.5) is 0 Å². The highest BCUT2D eigenvalue weighted by Crippen LogP contribution is 2.45. The molecule has 0 amide bonds. The first-order chi connectivity index (χ1) is 22.3. The lowest BCUT2D eigenvalue weighted by atomic mass is 9.45. The van der Waals surface area contributed by atoms with Crippen molar-refractivity contribution in [2.24, 2.45) is 0 Å². The number of hydrogen-bond donors (Lipinski definition) is 0. The number of benzene rings is 7. The number of aromatic nitrogens is 2. The molecule has 2 aliphatic rings. The number of para-hydroxylation sites is 2. The van der Waals surface area contributed by atoms with E-state index in [2.05, 4.69) is 161 Å². The molecule has 9 aromatic rings. The minimum Gasteiger partial charge on any atom is -0.375 e. The van der Waals surface area contributed by atoms with Crippen molar-refractivity contribution in [3.05, 3.63) is 152 Å². The molecule has 0 saturated carbocycles. The van der Waals surface area contributed by atoms with Gasteiger partial charge in [0.25, 0.3) is 0 Å². The molecule has 0 saturated heterocycles. The molecule has 2 nitrogen and oxygen atoms in total. The summed E-state index contributed by atoms with van der Waals surface area (Å²) >= 11 is 0. The van der Waals surface area contributed by atoms with E-state index in [0.29, 0.717) is 0 Å². The average molecular weight is 568 g/mol. The summed E-state index contributed by atoms with van der Waals surface area (Å²) in [5.74, 6) is 0. The largest absolute Gasteiger partial charge is 0.375 e. The highest BCUT2D eigenvalue weighted by Gasteiger charge is 2.41. The van der Waals surface area contributed by atoms with Crippen molar-refractivity contribution in [3.8, 4) is 39.1 Å². The Hall–Kier alpha value is -5.80. The number of fused-ring (bicyclic) bond motifs is 10. The zero-order chi connectivity index (χ0) is 29.2. The van der Waals surface area contributed by atoms with Crippen molar-refractivity contribution >= 4 is 61.4 Å². The molecule has 4 heterocycles. The Labute approximate surface area is 260 Å². The van der Waals surface area contributed by atoms with Gasteiger partial charge in [0.1, 0.15) is 0 Å². The molecule has 2 aliphatic heterocycles. The third-order valence-corrected chi connectivity index (χ3v) is 10.3. The lowest BCUT2D eigenvalue weighted by molar-refractivity contribution is 1.17. The molecular weight excluding hydrogens is 543 g/mol. The van der Waals surface area contributed by atoms with Gasteiger partial charge in [0.15, 0.2) is 0 Å². The Kier molecular flexibility index (Phi) is 4.43. The summed E-state index contributed by atoms with van der Waals surface area (Å²) in [4.78, 5) is 0. The highest BCUT2D eigenvalue weighted by atomic mass is 15.0. The average Bonchev–Trinajstić information content (AvgIpc) is 3.63. The first kappa shape index (κ1) is 23.6. The minimum absolute atomic E-state index is 0.0781. The van der Waals surface area contributed by atoms with E-state index < -0.39 is 0 Å². The van der Waals surface area contributed by atoms with Crippen molar-refractivity contribution in [3.63, 3.8) is 0 Å². The van der Waals surface area contributed by atoms with Gasteiger partial charge >= 0.3 is 6.85 Å². The molecule has 0 spiro atoms. The maximum atomic E-state index is 2.66. The number of hydrogen-bond acceptors (Lipinski definition) is 0. The second kappa shape index (κ2) is 8.43. The monoisotopic (exact) mass is 568 g/mol. The zero-order valence-electron chi connectivity index (χ0n) is 24.4. The van der Waals surface area contributed by atoms with E-state index in [1.807, 2.05) is 0 Å². The van der Waals surface area contributed by atoms with Crippen LogP contribution in [-0.2, 0) is 0 Å². The van der Waals surface area contributed by atoms with Gasteiger partial charge in [-0.25, -0.2) is 0 Å². The SMILES string of the molecule is c1ccc(-c2ccc3c(c2)c2cc(-c4ccccc4)cc4c2n3B2c3c-4cccc3-n3c4ccccc4c4cccc2c43)cc1. The van der Waals surface area contributed by atoms with Gasteiger partial charge in [0.2, 0.25) is 0 Å². The van der Waals surface area contributed by atoms with Crippen LogP contribution in [0, 0.1) is 0 Å². The summed E-state index contributed by atoms with van der Waals surface area (Å²) in [5, 5.41) is 5.25. The zero-order valence-corrected chi connectivity index (χ0v) is 24.4. The molecule has 11 rings (SSSR count). The van der Waals surface area contributed by atoms with E-state index in [1.165, 1.54) is 93.6 Å². The molecule has 0 bridgehead atoms. The van der Waals surface area contributed by atoms with Crippen LogP contribution in [0.1, 0.15) is 0 Å². The molecular formula is C42H25BN2. The van der Waals surface area contributed by atoms with Crippen molar-refractivity contribution in [1.29, 1.82) is 0 Å². The quantitative estimate of drug-likeness (QED) is 0.184. The van der Waals surface area contributed by atoms with Gasteiger partial charge in [-0.2, -0.15) is 0 Å². The van der Waals surface area contributed by atoms with E-state index in [1.54, 1.807) is 0 Å². The van der Waals surface area contributed by atoms with E-state index in [9.17, 15) is 0 Å². The van der Waals surface area contributed by atoms with Crippen molar-refractivity contribution in [2.45, 2.75) is 0 Å². The summed E-state index contributed by atoms with van der Waals surface area (Å²) in [6.45, 7) is 0.0781. The second-order valence-electron chi connectivity index (χ2n) is 12.5. The Morgan fingerprint density at radius 2 is 1.11 bits per heavy atom. The summed E-state index contributed by atoms with van der Waals surface area (Å²) in [6, 6.07) is 56.3. The lowest BCUT2D eigenvalue weighted by Gasteiger charge is -2.34. The van der Waals surface area contributed by atoms with Crippen LogP contribution in [-0.4, -0.2) is 15.9 Å². The molecule has 0 fully saturated rings. The van der Waals surface area contributed by atoms with Gasteiger partial charge in [-0.3, -0.25) is 0 Å². The molecule has 2 aromatic heterocycles. The fourth-order valence-electron chi connectivity index (χ4n) is 8.47. The summed E-state index contributed by atoms with van der Waals surface area (Å²) in [5.41, 5.74) is 16.9. The fourth-order valence-corrected chi connectivity index (χ4v) is 8.47. The van der Waals surface area contributed by atoms with Crippen molar-refractivity contribution < 1.29 is 0 Å². The van der Waals surface area contributed by atoms with Crippen LogP contribution >= 0.6 is 0 Å². The molecule has 206 valence electrons. The third-order valence-electron chi connectivity index (χ3n) is 10.3. The normalized spacial score (nSPS) is 12.8. The smallest absolute Gasteiger partial charge is 0.333 e. The second-order valence-corrected chi connectivity index (χ2v) is 12.5. The molecule has 0 aliphatic carbocycles. The fraction of sp³-hybridized carbons (Fsp3) is 0. The first-order valence-electron chi connectivity index (χ1n) is 15.7. The van der Waals surface area contributed by atoms with Crippen LogP contribution in [0.2, 0.25) is 0 Å². The molecule has 0 radical (unpaired) electrons. The molecule has 0 atom stereocenters. The van der Waals surface area contributed by atoms with Crippen LogP contribution in [0.3, 0.4) is 0 Å². The maximum absolute atomic E-state index is 2.66. The van der Waals surface area contributed by atoms with Gasteiger partial charge in [-0.1, -0.05) is 115 Å². The minimum atomic E-state index is 0.0781. The van der Waals surface area contributed by atoms with Gasteiger partial charge in [0.05, 0.1) is 11.0 Å². The van der Waals surface area contributed by atoms with Crippen LogP contribution in [0.25, 0.3) is 82.7 Å². The highest BCUT2D eigenvalue weighted by molar-refractivity contribution is 6.90. The number of nitrogens with zero attached hydrogens (tertiary/aromatic N) is 2. The van der Waals surface area contributed by atoms with Crippen LogP contribution in [0.5, 0.6) is 0 Å². The number of rotatable bonds is 2. The topological polar surface area (TPSA) is 9.86 Å². The van der Waals surface area contributed by atoms with Crippen molar-refractivity contribution in [1.82, 2.24) is 9.05 Å². The first-order valence-corrected chi connectivity index (χ1v) is 15.7. The molecule has 45 heavy (non-hydrogen) atoms. The Morgan fingerprint density at radius 1 is 0.400 bits per heavy atom. The van der Waals surface area contributed by atoms with E-state index in [-0.39, 0.29) is 6.85 Å². The predicted molar refractivity (Wildman–Crippen MR) is 191 cm³/mol. The van der Waals surface area contributed by atoms with Gasteiger partial charge in [-0.15, -0.1) is 0 Å². The van der Waals surface area contributed by atoms with Crippen LogP contribution in [0.15, 0.2) is 152 Å². The summed E-state index contributed by atoms with van der Waals surface area (Å²) < 4.78 is 5.18. The van der Waals surface area contributed by atoms with Gasteiger partial charge in [-0.05, 0) is 75.1 Å². The van der Waals surface area contributed by atoms with Crippen LogP contribution < -0.4 is 10.9 Å². The lowest BCUT2D eigenvalue weighted by Crippen LogP contribution is -2.55. The van der Waals surface area contributed by atoms with E-state index in [4.69, 9.17) is 0 Å². The maximum Gasteiger partial charge on any atom is 0.333 e. The summed E-state index contributed by atoms with van der Waals surface area (Å²) in [6.07, 6.45) is 0. The van der Waals surface area contributed by atoms with E-state index >= 15 is 0 Å². The molecule has 0 N–H and O–H groups in total. The van der Waals surface area contributed by atoms with Gasteiger partial charge in [0, 0.05) is 43.8 Å². The van der Waals surface area contributed by atoms with Gasteiger partial charge < -0.3 is 9.05 Å². The van der Waals surface area contributed by atoms with Crippen molar-refractivity contribution in [2.75, 3.05) is 0 Å². The summed E-state index contributed by atoms with van der Waals surface area (Å²) in [7, 11) is 0. The Bertz CT molecular complexity index is 2700. The third kappa shape index (κ3) is 2.95.